The second kappa shape index (κ2) is 7.29. The molecule has 0 amide bonds. The number of halogens is 2. The fraction of sp³-hybridized carbons (Fsp3) is 0.250. The average molecular weight is 415 g/mol. The van der Waals surface area contributed by atoms with E-state index in [1.54, 1.807) is 14.2 Å². The molecule has 0 fully saturated rings. The van der Waals surface area contributed by atoms with Gasteiger partial charge in [-0.3, -0.25) is 0 Å². The van der Waals surface area contributed by atoms with Gasteiger partial charge in [0, 0.05) is 6.04 Å². The Morgan fingerprint density at radius 1 is 0.952 bits per heavy atom. The van der Waals surface area contributed by atoms with Gasteiger partial charge in [-0.25, -0.2) is 0 Å². The smallest absolute Gasteiger partial charge is 0.133 e. The van der Waals surface area contributed by atoms with Gasteiger partial charge in [0.25, 0.3) is 0 Å². The van der Waals surface area contributed by atoms with Crippen LogP contribution in [0, 0.1) is 0 Å². The van der Waals surface area contributed by atoms with Gasteiger partial charge in [-0.05, 0) is 73.7 Å². The third-order valence-electron chi connectivity index (χ3n) is 3.28. The Balaban J connectivity index is 2.15. The average Bonchev–Trinajstić information content (AvgIpc) is 2.47. The summed E-state index contributed by atoms with van der Waals surface area (Å²) in [4.78, 5) is 0. The van der Waals surface area contributed by atoms with E-state index in [2.05, 4.69) is 31.9 Å². The van der Waals surface area contributed by atoms with Crippen LogP contribution >= 0.6 is 31.9 Å². The minimum absolute atomic E-state index is 0.0764. The first-order valence-corrected chi connectivity index (χ1v) is 8.05. The Hall–Kier alpha value is -1.04. The third kappa shape index (κ3) is 3.99. The molecule has 0 bridgehead atoms. The number of rotatable bonds is 5. The van der Waals surface area contributed by atoms with Gasteiger partial charge in [-0.1, -0.05) is 12.1 Å². The zero-order valence-corrected chi connectivity index (χ0v) is 15.1. The molecule has 0 aliphatic heterocycles. The van der Waals surface area contributed by atoms with Crippen LogP contribution < -0.4 is 15.2 Å². The molecule has 112 valence electrons. The van der Waals surface area contributed by atoms with E-state index in [4.69, 9.17) is 15.2 Å². The van der Waals surface area contributed by atoms with E-state index in [1.165, 1.54) is 0 Å². The maximum absolute atomic E-state index is 6.30. The Kier molecular flexibility index (Phi) is 5.67. The summed E-state index contributed by atoms with van der Waals surface area (Å²) in [5.74, 6) is 1.62. The standard InChI is InChI=1S/C16H17Br2NO2/c1-20-15-5-3-10(7-12(15)17)8-14(19)11-4-6-16(21-2)13(18)9-11/h3-7,9,14H,8,19H2,1-2H3. The van der Waals surface area contributed by atoms with Gasteiger partial charge in [-0.15, -0.1) is 0 Å². The molecule has 0 saturated carbocycles. The lowest BCUT2D eigenvalue weighted by Gasteiger charge is -2.14. The zero-order valence-electron chi connectivity index (χ0n) is 11.9. The number of benzene rings is 2. The summed E-state index contributed by atoms with van der Waals surface area (Å²) in [6, 6.07) is 11.8. The highest BCUT2D eigenvalue weighted by molar-refractivity contribution is 9.10. The summed E-state index contributed by atoms with van der Waals surface area (Å²) >= 11 is 6.98. The Morgan fingerprint density at radius 2 is 1.52 bits per heavy atom. The van der Waals surface area contributed by atoms with Crippen LogP contribution in [0.15, 0.2) is 45.3 Å². The Labute approximate surface area is 141 Å². The van der Waals surface area contributed by atoms with E-state index >= 15 is 0 Å². The molecule has 0 heterocycles. The summed E-state index contributed by atoms with van der Waals surface area (Å²) in [5, 5.41) is 0. The SMILES string of the molecule is COc1ccc(CC(N)c2ccc(OC)c(Br)c2)cc1Br. The normalized spacial score (nSPS) is 12.0. The van der Waals surface area contributed by atoms with Crippen molar-refractivity contribution in [3.63, 3.8) is 0 Å². The van der Waals surface area contributed by atoms with E-state index < -0.39 is 0 Å². The number of methoxy groups -OCH3 is 2. The van der Waals surface area contributed by atoms with Gasteiger partial charge in [0.05, 0.1) is 23.2 Å². The van der Waals surface area contributed by atoms with Crippen molar-refractivity contribution in [1.29, 1.82) is 0 Å². The van der Waals surface area contributed by atoms with E-state index in [0.29, 0.717) is 0 Å². The third-order valence-corrected chi connectivity index (χ3v) is 4.52. The molecular formula is C16H17Br2NO2. The van der Waals surface area contributed by atoms with Crippen molar-refractivity contribution in [3.8, 4) is 11.5 Å². The molecule has 1 unspecified atom stereocenters. The molecule has 5 heteroatoms. The van der Waals surface area contributed by atoms with E-state index in [9.17, 15) is 0 Å². The highest BCUT2D eigenvalue weighted by Crippen LogP contribution is 2.30. The van der Waals surface area contributed by atoms with Crippen LogP contribution in [0.2, 0.25) is 0 Å². The van der Waals surface area contributed by atoms with Crippen LogP contribution in [0.5, 0.6) is 11.5 Å². The minimum Gasteiger partial charge on any atom is -0.496 e. The predicted molar refractivity (Wildman–Crippen MR) is 92.0 cm³/mol. The molecule has 2 aromatic rings. The highest BCUT2D eigenvalue weighted by atomic mass is 79.9. The number of hydrogen-bond acceptors (Lipinski definition) is 3. The molecule has 0 radical (unpaired) electrons. The van der Waals surface area contributed by atoms with Gasteiger partial charge >= 0.3 is 0 Å². The summed E-state index contributed by atoms with van der Waals surface area (Å²) in [6.07, 6.45) is 0.751. The molecule has 0 aromatic heterocycles. The summed E-state index contributed by atoms with van der Waals surface area (Å²) < 4.78 is 12.3. The molecule has 3 nitrogen and oxygen atoms in total. The lowest BCUT2D eigenvalue weighted by atomic mass is 9.99. The molecule has 0 aliphatic rings. The first-order valence-electron chi connectivity index (χ1n) is 6.46. The van der Waals surface area contributed by atoms with Crippen molar-refractivity contribution in [3.05, 3.63) is 56.5 Å². The van der Waals surface area contributed by atoms with Gasteiger partial charge in [0.15, 0.2) is 0 Å². The van der Waals surface area contributed by atoms with Crippen molar-refractivity contribution >= 4 is 31.9 Å². The monoisotopic (exact) mass is 413 g/mol. The van der Waals surface area contributed by atoms with Crippen LogP contribution in [-0.2, 0) is 6.42 Å². The molecule has 1 atom stereocenters. The second-order valence-electron chi connectivity index (χ2n) is 4.67. The van der Waals surface area contributed by atoms with Gasteiger partial charge in [0.2, 0.25) is 0 Å². The van der Waals surface area contributed by atoms with Crippen LogP contribution in [0.25, 0.3) is 0 Å². The maximum atomic E-state index is 6.30. The lowest BCUT2D eigenvalue weighted by Crippen LogP contribution is -2.13. The van der Waals surface area contributed by atoms with Crippen LogP contribution in [0.1, 0.15) is 17.2 Å². The van der Waals surface area contributed by atoms with Gasteiger partial charge < -0.3 is 15.2 Å². The topological polar surface area (TPSA) is 44.5 Å². The Morgan fingerprint density at radius 3 is 2.05 bits per heavy atom. The number of nitrogens with two attached hydrogens (primary N) is 1. The molecule has 2 rings (SSSR count). The minimum atomic E-state index is -0.0764. The van der Waals surface area contributed by atoms with Crippen LogP contribution in [0.3, 0.4) is 0 Å². The maximum Gasteiger partial charge on any atom is 0.133 e. The quantitative estimate of drug-likeness (QED) is 0.784. The summed E-state index contributed by atoms with van der Waals surface area (Å²) in [7, 11) is 3.30. The summed E-state index contributed by atoms with van der Waals surface area (Å²) in [6.45, 7) is 0. The molecular weight excluding hydrogens is 398 g/mol. The second-order valence-corrected chi connectivity index (χ2v) is 6.38. The first-order chi connectivity index (χ1) is 10.0. The zero-order chi connectivity index (χ0) is 15.4. The molecule has 2 N–H and O–H groups in total. The van der Waals surface area contributed by atoms with Crippen molar-refractivity contribution in [2.24, 2.45) is 5.73 Å². The molecule has 0 saturated heterocycles. The molecule has 0 aliphatic carbocycles. The van der Waals surface area contributed by atoms with E-state index in [0.717, 1.165) is 38.0 Å². The number of ether oxygens (including phenoxy) is 2. The largest absolute Gasteiger partial charge is 0.496 e. The predicted octanol–water partition coefficient (Wildman–Crippen LogP) is 4.47. The molecule has 0 spiro atoms. The lowest BCUT2D eigenvalue weighted by molar-refractivity contribution is 0.411. The van der Waals surface area contributed by atoms with E-state index in [1.807, 2.05) is 36.4 Å². The summed E-state index contributed by atoms with van der Waals surface area (Å²) in [5.41, 5.74) is 8.52. The fourth-order valence-electron chi connectivity index (χ4n) is 2.12. The van der Waals surface area contributed by atoms with Crippen molar-refractivity contribution in [2.45, 2.75) is 12.5 Å². The van der Waals surface area contributed by atoms with Gasteiger partial charge in [-0.2, -0.15) is 0 Å². The van der Waals surface area contributed by atoms with Crippen LogP contribution in [-0.4, -0.2) is 14.2 Å². The van der Waals surface area contributed by atoms with Crippen molar-refractivity contribution < 1.29 is 9.47 Å². The van der Waals surface area contributed by atoms with Gasteiger partial charge in [0.1, 0.15) is 11.5 Å². The Bertz CT molecular complexity index is 632. The fourth-order valence-corrected chi connectivity index (χ4v) is 3.27. The highest BCUT2D eigenvalue weighted by Gasteiger charge is 2.11. The molecule has 2 aromatic carbocycles. The van der Waals surface area contributed by atoms with E-state index in [-0.39, 0.29) is 6.04 Å². The molecule has 21 heavy (non-hydrogen) atoms. The van der Waals surface area contributed by atoms with Crippen molar-refractivity contribution in [2.75, 3.05) is 14.2 Å². The van der Waals surface area contributed by atoms with Crippen LogP contribution in [0.4, 0.5) is 0 Å². The first kappa shape index (κ1) is 16.3. The van der Waals surface area contributed by atoms with Crippen molar-refractivity contribution in [1.82, 2.24) is 0 Å². The number of hydrogen-bond donors (Lipinski definition) is 1.